The number of amides is 1. The third-order valence-corrected chi connectivity index (χ3v) is 5.52. The second-order valence-corrected chi connectivity index (χ2v) is 7.02. The van der Waals surface area contributed by atoms with Crippen LogP contribution in [0.1, 0.15) is 35.0 Å². The van der Waals surface area contributed by atoms with Crippen molar-refractivity contribution in [1.29, 1.82) is 0 Å². The summed E-state index contributed by atoms with van der Waals surface area (Å²) in [6, 6.07) is 0. The fourth-order valence-corrected chi connectivity index (χ4v) is 3.99. The zero-order valence-corrected chi connectivity index (χ0v) is 15.4. The summed E-state index contributed by atoms with van der Waals surface area (Å²) in [5, 5.41) is 3.43. The van der Waals surface area contributed by atoms with Crippen molar-refractivity contribution in [3.63, 3.8) is 0 Å². The summed E-state index contributed by atoms with van der Waals surface area (Å²) in [7, 11) is 0. The Bertz CT molecular complexity index is 808. The van der Waals surface area contributed by atoms with Crippen LogP contribution in [0.25, 0.3) is 10.2 Å². The van der Waals surface area contributed by atoms with E-state index in [-0.39, 0.29) is 17.6 Å². The van der Waals surface area contributed by atoms with E-state index in [4.69, 9.17) is 9.47 Å². The highest BCUT2D eigenvalue weighted by Gasteiger charge is 2.21. The van der Waals surface area contributed by atoms with Crippen LogP contribution in [0.4, 0.5) is 0 Å². The number of ether oxygens (including phenoxy) is 2. The Morgan fingerprint density at radius 3 is 3.12 bits per heavy atom. The van der Waals surface area contributed by atoms with Crippen molar-refractivity contribution in [2.75, 3.05) is 26.4 Å². The first kappa shape index (κ1) is 18.0. The Labute approximate surface area is 150 Å². The molecular weight excluding hydrogens is 342 g/mol. The van der Waals surface area contributed by atoms with Gasteiger partial charge in [-0.25, -0.2) is 4.98 Å². The molecule has 1 amide bonds. The first-order valence-electron chi connectivity index (χ1n) is 8.58. The minimum Gasteiger partial charge on any atom is -0.380 e. The number of aromatic nitrogens is 2. The van der Waals surface area contributed by atoms with Crippen LogP contribution >= 0.6 is 11.3 Å². The predicted molar refractivity (Wildman–Crippen MR) is 96.4 cm³/mol. The van der Waals surface area contributed by atoms with E-state index in [9.17, 15) is 9.59 Å². The Kier molecular flexibility index (Phi) is 5.82. The maximum Gasteiger partial charge on any atom is 0.262 e. The first-order valence-corrected chi connectivity index (χ1v) is 9.39. The molecule has 8 heteroatoms. The van der Waals surface area contributed by atoms with E-state index in [1.54, 1.807) is 6.92 Å². The van der Waals surface area contributed by atoms with Crippen molar-refractivity contribution in [2.45, 2.75) is 39.3 Å². The fourth-order valence-electron chi connectivity index (χ4n) is 2.93. The average molecular weight is 365 g/mol. The summed E-state index contributed by atoms with van der Waals surface area (Å²) in [6.07, 6.45) is 3.62. The number of nitrogens with zero attached hydrogens (tertiary/aromatic N) is 2. The molecule has 0 spiro atoms. The number of rotatable bonds is 7. The average Bonchev–Trinajstić information content (AvgIpc) is 3.23. The number of aryl methyl sites for hydroxylation is 1. The predicted octanol–water partition coefficient (Wildman–Crippen LogP) is 1.71. The molecule has 1 N–H and O–H groups in total. The first-order chi connectivity index (χ1) is 12.1. The van der Waals surface area contributed by atoms with Crippen LogP contribution in [-0.4, -0.2) is 47.9 Å². The van der Waals surface area contributed by atoms with Gasteiger partial charge in [0.25, 0.3) is 11.5 Å². The number of hydrogen-bond donors (Lipinski definition) is 1. The van der Waals surface area contributed by atoms with Crippen molar-refractivity contribution >= 4 is 27.5 Å². The van der Waals surface area contributed by atoms with Crippen molar-refractivity contribution in [3.05, 3.63) is 27.1 Å². The standard InChI is InChI=1S/C17H23N3O4S/c1-3-23-8-6-20-10-19-16-13(17(20)22)11(2)14(25-16)15(21)18-9-12-5-4-7-24-12/h10,12H,3-9H2,1-2H3,(H,18,21). The zero-order valence-electron chi connectivity index (χ0n) is 14.5. The van der Waals surface area contributed by atoms with Gasteiger partial charge in [-0.15, -0.1) is 11.3 Å². The van der Waals surface area contributed by atoms with E-state index in [1.165, 1.54) is 22.2 Å². The lowest BCUT2D eigenvalue weighted by Crippen LogP contribution is -2.31. The molecule has 0 aliphatic carbocycles. The molecule has 1 unspecified atom stereocenters. The fraction of sp³-hybridized carbons (Fsp3) is 0.588. The zero-order chi connectivity index (χ0) is 17.8. The van der Waals surface area contributed by atoms with Crippen LogP contribution in [-0.2, 0) is 16.0 Å². The second-order valence-electron chi connectivity index (χ2n) is 6.02. The van der Waals surface area contributed by atoms with Gasteiger partial charge < -0.3 is 14.8 Å². The molecule has 0 saturated carbocycles. The number of carbonyl (C=O) groups is 1. The Morgan fingerprint density at radius 2 is 2.40 bits per heavy atom. The van der Waals surface area contributed by atoms with Crippen LogP contribution in [0, 0.1) is 6.92 Å². The molecule has 1 aliphatic heterocycles. The summed E-state index contributed by atoms with van der Waals surface area (Å²) in [6.45, 7) is 6.49. The lowest BCUT2D eigenvalue weighted by Gasteiger charge is -2.10. The van der Waals surface area contributed by atoms with E-state index in [1.807, 2.05) is 6.92 Å². The molecule has 2 aromatic rings. The van der Waals surface area contributed by atoms with Gasteiger partial charge in [-0.3, -0.25) is 14.2 Å². The normalized spacial score (nSPS) is 17.3. The van der Waals surface area contributed by atoms with Gasteiger partial charge >= 0.3 is 0 Å². The van der Waals surface area contributed by atoms with E-state index in [0.29, 0.717) is 47.0 Å². The number of hydrogen-bond acceptors (Lipinski definition) is 6. The Morgan fingerprint density at radius 1 is 1.56 bits per heavy atom. The summed E-state index contributed by atoms with van der Waals surface area (Å²) in [4.78, 5) is 30.6. The SMILES string of the molecule is CCOCCn1cnc2sc(C(=O)NCC3CCCO3)c(C)c2c1=O. The molecule has 3 heterocycles. The molecule has 7 nitrogen and oxygen atoms in total. The number of carbonyl (C=O) groups excluding carboxylic acids is 1. The third kappa shape index (κ3) is 3.91. The smallest absolute Gasteiger partial charge is 0.262 e. The molecule has 2 aromatic heterocycles. The molecular formula is C17H23N3O4S. The quantitative estimate of drug-likeness (QED) is 0.756. The molecule has 1 atom stereocenters. The molecule has 25 heavy (non-hydrogen) atoms. The topological polar surface area (TPSA) is 82.5 Å². The van der Waals surface area contributed by atoms with E-state index in [2.05, 4.69) is 10.3 Å². The van der Waals surface area contributed by atoms with Crippen molar-refractivity contribution in [3.8, 4) is 0 Å². The molecule has 3 rings (SSSR count). The highest BCUT2D eigenvalue weighted by molar-refractivity contribution is 7.20. The number of fused-ring (bicyclic) bond motifs is 1. The van der Waals surface area contributed by atoms with Gasteiger partial charge in [0.05, 0.1) is 35.8 Å². The van der Waals surface area contributed by atoms with E-state index in [0.717, 1.165) is 19.4 Å². The van der Waals surface area contributed by atoms with Gasteiger partial charge in [0.1, 0.15) is 4.83 Å². The molecule has 0 radical (unpaired) electrons. The van der Waals surface area contributed by atoms with Gasteiger partial charge in [-0.1, -0.05) is 0 Å². The minimum atomic E-state index is -0.170. The van der Waals surface area contributed by atoms with Crippen LogP contribution in [0.2, 0.25) is 0 Å². The van der Waals surface area contributed by atoms with E-state index >= 15 is 0 Å². The van der Waals surface area contributed by atoms with E-state index < -0.39 is 0 Å². The van der Waals surface area contributed by atoms with Gasteiger partial charge in [-0.05, 0) is 32.3 Å². The summed E-state index contributed by atoms with van der Waals surface area (Å²) < 4.78 is 12.4. The Balaban J connectivity index is 1.79. The number of thiophene rings is 1. The second kappa shape index (κ2) is 8.07. The van der Waals surface area contributed by atoms with Crippen molar-refractivity contribution in [2.24, 2.45) is 0 Å². The molecule has 136 valence electrons. The molecule has 0 aromatic carbocycles. The maximum absolute atomic E-state index is 12.7. The molecule has 1 saturated heterocycles. The minimum absolute atomic E-state index is 0.0903. The maximum atomic E-state index is 12.7. The Hall–Kier alpha value is -1.77. The van der Waals surface area contributed by atoms with Gasteiger partial charge in [-0.2, -0.15) is 0 Å². The van der Waals surface area contributed by atoms with Crippen LogP contribution < -0.4 is 10.9 Å². The lowest BCUT2D eigenvalue weighted by molar-refractivity contribution is 0.0860. The van der Waals surface area contributed by atoms with Crippen molar-refractivity contribution < 1.29 is 14.3 Å². The molecule has 0 bridgehead atoms. The molecule has 1 fully saturated rings. The monoisotopic (exact) mass is 365 g/mol. The number of nitrogens with one attached hydrogen (secondary N) is 1. The highest BCUT2D eigenvalue weighted by atomic mass is 32.1. The lowest BCUT2D eigenvalue weighted by atomic mass is 10.2. The summed E-state index contributed by atoms with van der Waals surface area (Å²) in [5.74, 6) is -0.170. The van der Waals surface area contributed by atoms with Gasteiger partial charge in [0.2, 0.25) is 0 Å². The van der Waals surface area contributed by atoms with Crippen LogP contribution in [0.15, 0.2) is 11.1 Å². The molecule has 1 aliphatic rings. The van der Waals surface area contributed by atoms with Gasteiger partial charge in [0.15, 0.2) is 0 Å². The highest BCUT2D eigenvalue weighted by Crippen LogP contribution is 2.26. The third-order valence-electron chi connectivity index (χ3n) is 4.32. The summed E-state index contributed by atoms with van der Waals surface area (Å²) in [5.41, 5.74) is 0.560. The van der Waals surface area contributed by atoms with Crippen LogP contribution in [0.5, 0.6) is 0 Å². The van der Waals surface area contributed by atoms with Crippen molar-refractivity contribution in [1.82, 2.24) is 14.9 Å². The largest absolute Gasteiger partial charge is 0.380 e. The summed E-state index contributed by atoms with van der Waals surface area (Å²) >= 11 is 1.26. The van der Waals surface area contributed by atoms with Gasteiger partial charge in [0, 0.05) is 19.8 Å². The van der Waals surface area contributed by atoms with Crippen LogP contribution in [0.3, 0.4) is 0 Å².